The number of phenolic OH excluding ortho intramolecular Hbond substituents is 3. The van der Waals surface area contributed by atoms with Crippen molar-refractivity contribution in [2.24, 2.45) is 17.4 Å². The van der Waals surface area contributed by atoms with Gasteiger partial charge in [0.1, 0.15) is 95.5 Å². The average Bonchev–Trinajstić information content (AvgIpc) is 0.822. The number of terminal acetylenes is 1. The Kier molecular flexibility index (Phi) is 25.4. The summed E-state index contributed by atoms with van der Waals surface area (Å²) >= 11 is 14.3. The number of carbonyl (C=O) groups excluding carboxylic acids is 9. The van der Waals surface area contributed by atoms with Crippen LogP contribution < -0.4 is 73.5 Å². The maximum atomic E-state index is 16.2. The van der Waals surface area contributed by atoms with Crippen LogP contribution in [0.15, 0.2) is 103 Å². The number of aliphatic hydroxyl groups is 6. The first-order valence-corrected chi connectivity index (χ1v) is 36.2. The summed E-state index contributed by atoms with van der Waals surface area (Å²) < 4.78 is 38.6. The zero-order valence-corrected chi connectivity index (χ0v) is 62.4. The number of phenols is 3. The normalized spacial score (nSPS) is 27.4. The van der Waals surface area contributed by atoms with Crippen molar-refractivity contribution >= 4 is 82.1 Å². The fourth-order valence-electron chi connectivity index (χ4n) is 13.6. The molecule has 35 nitrogen and oxygen atoms in total. The summed E-state index contributed by atoms with van der Waals surface area (Å²) in [6.07, 6.45) is -13.3. The standard InChI is InChI=1S/C76H83Cl2N11O24/c1-7-32-8-13-37(14-9-32)83-53(95)28-82-70(103)58-40-24-38(91)25-46(93)55(40)39-19-33(10-15-45(39)92)56-71(104)89-60(74(107)87-58)62(97)35-12-17-48(42(78)21-35)110-50-23-36-22-49(65(50)113-75-66(64(99)63(98)51(29-90)111-75)112-54-27-76(5,80)67(100)31(4)108-54)109-47-16-11-34(20-41(47)77)61(96)59(88-68(101)43(81-6)18-30(2)3)73(106)84-44(26-52(79)94)69(102)85-57(36)72(105)86-56/h1,8-17,19-25,30-31,43-44,51,54,56-64,66-67,75,81,90-93,96-100H,18,26-29,80H2,2-6H3,(H2,79,94)(H,82,103)(H,83,95)(H,84,106)(H,85,102)(H,86,105)(H,87,107)(H,88,101)(H,89,104). The monoisotopic (exact) mass is 1600 g/mol. The molecule has 37 heteroatoms. The molecule has 0 saturated carbocycles. The maximum Gasteiger partial charge on any atom is 0.248 e. The first kappa shape index (κ1) is 83.0. The third-order valence-corrected chi connectivity index (χ3v) is 20.1. The van der Waals surface area contributed by atoms with Crippen molar-refractivity contribution in [3.8, 4) is 69.5 Å². The number of carbonyl (C=O) groups is 9. The van der Waals surface area contributed by atoms with E-state index in [0.717, 1.165) is 66.7 Å². The van der Waals surface area contributed by atoms with Crippen LogP contribution in [0.4, 0.5) is 5.69 Å². The number of rotatable bonds is 16. The molecule has 18 unspecified atom stereocenters. The van der Waals surface area contributed by atoms with Gasteiger partial charge in [-0.1, -0.05) is 61.2 Å². The molecule has 22 N–H and O–H groups in total. The predicted molar refractivity (Wildman–Crippen MR) is 398 cm³/mol. The molecule has 6 aromatic rings. The van der Waals surface area contributed by atoms with Crippen LogP contribution in [0.5, 0.6) is 46.0 Å². The summed E-state index contributed by atoms with van der Waals surface area (Å²) in [5.41, 5.74) is 8.84. The molecule has 0 radical (unpaired) electrons. The van der Waals surface area contributed by atoms with Gasteiger partial charge in [0.25, 0.3) is 0 Å². The maximum absolute atomic E-state index is 16.2. The minimum atomic E-state index is -2.37. The number of likely N-dealkylation sites (N-methyl/N-ethyl adjacent to an activating group) is 1. The Morgan fingerprint density at radius 3 is 1.94 bits per heavy atom. The smallest absolute Gasteiger partial charge is 0.248 e. The lowest BCUT2D eigenvalue weighted by Gasteiger charge is -2.47. The Morgan fingerprint density at radius 1 is 0.717 bits per heavy atom. The molecule has 7 aliphatic heterocycles. The van der Waals surface area contributed by atoms with E-state index >= 15 is 19.2 Å². The van der Waals surface area contributed by atoms with Crippen molar-refractivity contribution in [2.45, 2.75) is 156 Å². The highest BCUT2D eigenvalue weighted by Crippen LogP contribution is 2.50. The van der Waals surface area contributed by atoms with E-state index in [0.29, 0.717) is 5.56 Å². The number of halogens is 2. The summed E-state index contributed by atoms with van der Waals surface area (Å²) in [5.74, 6) is -13.9. The number of aromatic hydroxyl groups is 3. The lowest BCUT2D eigenvalue weighted by Crippen LogP contribution is -2.64. The zero-order chi connectivity index (χ0) is 81.9. The van der Waals surface area contributed by atoms with Gasteiger partial charge in [-0.3, -0.25) is 43.2 Å². The number of amides is 9. The van der Waals surface area contributed by atoms with Gasteiger partial charge in [0, 0.05) is 40.4 Å². The van der Waals surface area contributed by atoms with E-state index in [4.69, 9.17) is 69.5 Å². The van der Waals surface area contributed by atoms with Gasteiger partial charge in [0.2, 0.25) is 65.2 Å². The molecule has 9 amide bonds. The topological polar surface area (TPSA) is 551 Å². The Bertz CT molecular complexity index is 4740. The molecular weight excluding hydrogens is 1520 g/mol. The van der Waals surface area contributed by atoms with Crippen LogP contribution in [0.1, 0.15) is 111 Å². The molecule has 2 saturated heterocycles. The van der Waals surface area contributed by atoms with Gasteiger partial charge in [0.05, 0.1) is 47.9 Å². The molecule has 0 spiro atoms. The van der Waals surface area contributed by atoms with Gasteiger partial charge in [-0.2, -0.15) is 0 Å². The summed E-state index contributed by atoms with van der Waals surface area (Å²) in [6, 6.07) is 5.44. The van der Waals surface area contributed by atoms with Crippen LogP contribution in [0.25, 0.3) is 11.1 Å². The highest BCUT2D eigenvalue weighted by atomic mass is 35.5. The Labute approximate surface area is 654 Å². The van der Waals surface area contributed by atoms with Crippen LogP contribution in [-0.4, -0.2) is 198 Å². The van der Waals surface area contributed by atoms with Crippen LogP contribution >= 0.6 is 23.2 Å². The lowest BCUT2D eigenvalue weighted by atomic mass is 9.86. The number of anilines is 1. The van der Waals surface area contributed by atoms with E-state index in [-0.39, 0.29) is 51.9 Å². The van der Waals surface area contributed by atoms with E-state index in [1.54, 1.807) is 0 Å². The summed E-state index contributed by atoms with van der Waals surface area (Å²) in [7, 11) is 1.47. The number of nitrogens with two attached hydrogens (primary N) is 2. The number of aliphatic hydroxyl groups excluding tert-OH is 6. The van der Waals surface area contributed by atoms with Crippen LogP contribution in [0.3, 0.4) is 0 Å². The number of fused-ring (bicyclic) bond motifs is 15. The largest absolute Gasteiger partial charge is 0.508 e. The van der Waals surface area contributed by atoms with Crippen LogP contribution in [-0.2, 0) is 57.4 Å². The van der Waals surface area contributed by atoms with Gasteiger partial charge in [0.15, 0.2) is 23.9 Å². The highest BCUT2D eigenvalue weighted by Gasteiger charge is 2.52. The molecule has 2 fully saturated rings. The molecule has 113 heavy (non-hydrogen) atoms. The molecule has 0 aliphatic carbocycles. The Morgan fingerprint density at radius 2 is 1.34 bits per heavy atom. The molecular formula is C76H83Cl2N11O24. The number of ether oxygens (including phenoxy) is 6. The molecule has 6 aromatic carbocycles. The van der Waals surface area contributed by atoms with E-state index in [1.807, 2.05) is 13.8 Å². The van der Waals surface area contributed by atoms with Gasteiger partial charge in [-0.05, 0) is 140 Å². The number of nitrogens with one attached hydrogen (secondary N) is 9. The summed E-state index contributed by atoms with van der Waals surface area (Å²) in [5, 5.41) is 127. The van der Waals surface area contributed by atoms with Gasteiger partial charge < -0.3 is 134 Å². The summed E-state index contributed by atoms with van der Waals surface area (Å²) in [4.78, 5) is 133. The minimum absolute atomic E-state index is 0.110. The van der Waals surface area contributed by atoms with Crippen molar-refractivity contribution in [3.63, 3.8) is 0 Å². The fraction of sp³-hybridized carbons (Fsp3) is 0.382. The van der Waals surface area contributed by atoms with Gasteiger partial charge >= 0.3 is 0 Å². The second-order valence-electron chi connectivity index (χ2n) is 28.4. The van der Waals surface area contributed by atoms with Crippen molar-refractivity contribution in [2.75, 3.05) is 25.5 Å². The predicted octanol–water partition coefficient (Wildman–Crippen LogP) is 0.758. The quantitative estimate of drug-likeness (QED) is 0.0595. The molecule has 7 heterocycles. The van der Waals surface area contributed by atoms with Crippen molar-refractivity contribution < 1.29 is 118 Å². The molecule has 13 rings (SSSR count). The molecule has 600 valence electrons. The average molecular weight is 1610 g/mol. The van der Waals surface area contributed by atoms with Gasteiger partial charge in [-0.25, -0.2) is 0 Å². The van der Waals surface area contributed by atoms with Gasteiger partial charge in [-0.15, -0.1) is 6.42 Å². The van der Waals surface area contributed by atoms with Crippen molar-refractivity contribution in [1.82, 2.24) is 42.5 Å². The van der Waals surface area contributed by atoms with E-state index < -0.39 is 250 Å². The number of primary amides is 1. The van der Waals surface area contributed by atoms with Crippen LogP contribution in [0, 0.1) is 18.3 Å². The first-order valence-electron chi connectivity index (χ1n) is 35.4. The number of hydrogen-bond donors (Lipinski definition) is 20. The van der Waals surface area contributed by atoms with E-state index in [1.165, 1.54) is 57.3 Å². The minimum Gasteiger partial charge on any atom is -0.508 e. The number of hydrogen-bond acceptors (Lipinski definition) is 26. The summed E-state index contributed by atoms with van der Waals surface area (Å²) in [6.45, 7) is 4.83. The van der Waals surface area contributed by atoms with Crippen molar-refractivity contribution in [1.29, 1.82) is 0 Å². The Hall–Kier alpha value is -11.0. The second kappa shape index (κ2) is 34.6. The SMILES string of the molecule is C#Cc1ccc(NC(=O)CNC(=O)C2NC(=O)C3NC(=O)C(NC(=O)C4NC(=O)C(CC(N)=O)NC(=O)C(NC(=O)C(CC(C)C)NC)C(O)c5ccc(c(Cl)c5)Oc5cc4cc(c5OC4OC(CO)C(O)C(O)C4OC4CC(C)(N)C(O)C(C)O4)Oc4ccc(cc4Cl)C3O)c3ccc(O)c(c3)-c3c(O)cc(O)cc32)cc1. The Balaban J connectivity index is 1.13. The highest BCUT2D eigenvalue weighted by molar-refractivity contribution is 6.32. The third-order valence-electron chi connectivity index (χ3n) is 19.5. The van der Waals surface area contributed by atoms with E-state index in [2.05, 4.69) is 53.8 Å². The second-order valence-corrected chi connectivity index (χ2v) is 29.2. The third kappa shape index (κ3) is 18.4. The van der Waals surface area contributed by atoms with Crippen molar-refractivity contribution in [3.05, 3.63) is 147 Å². The molecule has 11 bridgehead atoms. The molecule has 18 atom stereocenters. The zero-order valence-electron chi connectivity index (χ0n) is 60.9. The first-order chi connectivity index (χ1) is 53.5. The van der Waals surface area contributed by atoms with Crippen LogP contribution in [0.2, 0.25) is 10.0 Å². The molecule has 0 aromatic heterocycles. The van der Waals surface area contributed by atoms with E-state index in [9.17, 15) is 69.9 Å². The fourth-order valence-corrected chi connectivity index (χ4v) is 14.1. The lowest BCUT2D eigenvalue weighted by molar-refractivity contribution is -0.333. The molecule has 7 aliphatic rings. The number of benzene rings is 6.